The predicted molar refractivity (Wildman–Crippen MR) is 56.4 cm³/mol. The summed E-state index contributed by atoms with van der Waals surface area (Å²) in [4.78, 5) is 5.20. The summed E-state index contributed by atoms with van der Waals surface area (Å²) < 4.78 is 5.19. The molecule has 0 spiro atoms. The summed E-state index contributed by atoms with van der Waals surface area (Å²) in [6, 6.07) is 3.60. The van der Waals surface area contributed by atoms with Crippen LogP contribution >= 0.6 is 22.9 Å². The molecular weight excluding hydrogens is 220 g/mol. The molecule has 0 aromatic carbocycles. The fraction of sp³-hybridized carbons (Fsp3) is 0.222. The van der Waals surface area contributed by atoms with Gasteiger partial charge < -0.3 is 9.73 Å². The summed E-state index contributed by atoms with van der Waals surface area (Å²) in [5.41, 5.74) is 1.82. The Bertz CT molecular complexity index is 385. The van der Waals surface area contributed by atoms with Crippen LogP contribution in [0.25, 0.3) is 0 Å². The van der Waals surface area contributed by atoms with Gasteiger partial charge in [-0.1, -0.05) is 0 Å². The van der Waals surface area contributed by atoms with Gasteiger partial charge in [-0.25, -0.2) is 0 Å². The summed E-state index contributed by atoms with van der Waals surface area (Å²) in [6.45, 7) is 1.49. The van der Waals surface area contributed by atoms with Crippen molar-refractivity contribution in [3.8, 4) is 0 Å². The number of nitrogens with zero attached hydrogens (tertiary/aromatic N) is 1. The minimum absolute atomic E-state index is 0.430. The molecule has 0 amide bonds. The molecule has 74 valence electrons. The molecule has 5 heteroatoms. The van der Waals surface area contributed by atoms with E-state index in [1.165, 1.54) is 4.88 Å². The molecule has 0 atom stereocenters. The molecule has 2 aromatic heterocycles. The molecule has 14 heavy (non-hydrogen) atoms. The van der Waals surface area contributed by atoms with E-state index in [9.17, 15) is 0 Å². The zero-order valence-electron chi connectivity index (χ0n) is 7.37. The van der Waals surface area contributed by atoms with E-state index >= 15 is 0 Å². The molecule has 0 radical (unpaired) electrons. The molecule has 2 aromatic rings. The highest BCUT2D eigenvalue weighted by Crippen LogP contribution is 2.13. The first-order valence-corrected chi connectivity index (χ1v) is 5.42. The van der Waals surface area contributed by atoms with Gasteiger partial charge in [0.05, 0.1) is 12.1 Å². The van der Waals surface area contributed by atoms with Crippen LogP contribution in [0.4, 0.5) is 0 Å². The zero-order chi connectivity index (χ0) is 9.80. The molecule has 0 saturated carbocycles. The van der Waals surface area contributed by atoms with Gasteiger partial charge in [0.2, 0.25) is 0 Å². The van der Waals surface area contributed by atoms with E-state index in [1.54, 1.807) is 17.4 Å². The number of rotatable bonds is 4. The fourth-order valence-corrected chi connectivity index (χ4v) is 1.81. The highest BCUT2D eigenvalue weighted by molar-refractivity contribution is 7.09. The normalized spacial score (nSPS) is 10.6. The molecule has 0 saturated heterocycles. The Morgan fingerprint density at radius 2 is 2.36 bits per heavy atom. The van der Waals surface area contributed by atoms with Crippen molar-refractivity contribution in [2.75, 3.05) is 0 Å². The third-order valence-corrected chi connectivity index (χ3v) is 2.69. The lowest BCUT2D eigenvalue weighted by Crippen LogP contribution is -2.10. The molecule has 0 unspecified atom stereocenters. The van der Waals surface area contributed by atoms with Crippen LogP contribution in [0.3, 0.4) is 0 Å². The Hall–Kier alpha value is -0.840. The third-order valence-electron chi connectivity index (χ3n) is 1.71. The second kappa shape index (κ2) is 4.59. The van der Waals surface area contributed by atoms with Crippen LogP contribution < -0.4 is 5.32 Å². The summed E-state index contributed by atoms with van der Waals surface area (Å²) in [6.07, 6.45) is 1.85. The first-order valence-electron chi connectivity index (χ1n) is 4.17. The molecule has 1 N–H and O–H groups in total. The van der Waals surface area contributed by atoms with E-state index in [2.05, 4.69) is 10.3 Å². The van der Waals surface area contributed by atoms with Gasteiger partial charge in [-0.3, -0.25) is 4.98 Å². The van der Waals surface area contributed by atoms with Crippen molar-refractivity contribution in [3.63, 3.8) is 0 Å². The highest BCUT2D eigenvalue weighted by atomic mass is 35.5. The van der Waals surface area contributed by atoms with Crippen molar-refractivity contribution in [3.05, 3.63) is 39.7 Å². The Labute approximate surface area is 90.7 Å². The van der Waals surface area contributed by atoms with Crippen LogP contribution in [-0.2, 0) is 13.1 Å². The summed E-state index contributed by atoms with van der Waals surface area (Å²) in [5.74, 6) is 0.847. The van der Waals surface area contributed by atoms with E-state index in [0.717, 1.165) is 12.3 Å². The molecular formula is C9H9ClN2OS. The van der Waals surface area contributed by atoms with E-state index in [0.29, 0.717) is 11.8 Å². The Morgan fingerprint density at radius 3 is 3.00 bits per heavy atom. The third kappa shape index (κ3) is 2.57. The molecule has 2 rings (SSSR count). The van der Waals surface area contributed by atoms with Gasteiger partial charge >= 0.3 is 0 Å². The minimum atomic E-state index is 0.430. The number of furan rings is 1. The van der Waals surface area contributed by atoms with Gasteiger partial charge in [0.1, 0.15) is 5.76 Å². The predicted octanol–water partition coefficient (Wildman–Crippen LogP) is 2.68. The number of nitrogens with one attached hydrogen (secondary N) is 1. The molecule has 0 bridgehead atoms. The minimum Gasteiger partial charge on any atom is -0.448 e. The first-order chi connectivity index (χ1) is 6.84. The van der Waals surface area contributed by atoms with Crippen molar-refractivity contribution in [1.82, 2.24) is 10.3 Å². The second-order valence-corrected chi connectivity index (χ2v) is 4.12. The smallest absolute Gasteiger partial charge is 0.193 e. The number of thiazole rings is 1. The lowest BCUT2D eigenvalue weighted by molar-refractivity contribution is 0.485. The van der Waals surface area contributed by atoms with Crippen LogP contribution in [-0.4, -0.2) is 4.98 Å². The van der Waals surface area contributed by atoms with Crippen LogP contribution in [0.15, 0.2) is 28.3 Å². The standard InChI is InChI=1S/C9H9ClN2OS/c10-9-2-1-7(13-9)3-11-4-8-5-12-6-14-8/h1-2,5-6,11H,3-4H2. The molecule has 0 aliphatic carbocycles. The van der Waals surface area contributed by atoms with Crippen molar-refractivity contribution in [1.29, 1.82) is 0 Å². The van der Waals surface area contributed by atoms with Crippen LogP contribution in [0.2, 0.25) is 5.22 Å². The van der Waals surface area contributed by atoms with Gasteiger partial charge in [-0.15, -0.1) is 11.3 Å². The Morgan fingerprint density at radius 1 is 1.43 bits per heavy atom. The molecule has 2 heterocycles. The number of halogens is 1. The topological polar surface area (TPSA) is 38.1 Å². The van der Waals surface area contributed by atoms with Crippen molar-refractivity contribution < 1.29 is 4.42 Å². The molecule has 0 fully saturated rings. The Balaban J connectivity index is 1.78. The van der Waals surface area contributed by atoms with Gasteiger partial charge in [-0.05, 0) is 23.7 Å². The van der Waals surface area contributed by atoms with Crippen LogP contribution in [0.1, 0.15) is 10.6 Å². The Kier molecular flexibility index (Phi) is 3.18. The summed E-state index contributed by atoms with van der Waals surface area (Å²) in [7, 11) is 0. The SMILES string of the molecule is Clc1ccc(CNCc2cncs2)o1. The first kappa shape index (κ1) is 9.71. The van der Waals surface area contributed by atoms with E-state index in [1.807, 2.05) is 17.8 Å². The lowest BCUT2D eigenvalue weighted by atomic mass is 10.4. The molecule has 0 aliphatic heterocycles. The largest absolute Gasteiger partial charge is 0.448 e. The van der Waals surface area contributed by atoms with Crippen LogP contribution in [0, 0.1) is 0 Å². The number of aromatic nitrogens is 1. The molecule has 0 aliphatic rings. The average molecular weight is 229 g/mol. The van der Waals surface area contributed by atoms with Gasteiger partial charge in [0.25, 0.3) is 0 Å². The maximum atomic E-state index is 5.64. The summed E-state index contributed by atoms with van der Waals surface area (Å²) in [5, 5.41) is 3.67. The van der Waals surface area contributed by atoms with Gasteiger partial charge in [-0.2, -0.15) is 0 Å². The quantitative estimate of drug-likeness (QED) is 0.875. The maximum Gasteiger partial charge on any atom is 0.193 e. The number of hydrogen-bond donors (Lipinski definition) is 1. The maximum absolute atomic E-state index is 5.64. The lowest BCUT2D eigenvalue weighted by Gasteiger charge is -1.98. The van der Waals surface area contributed by atoms with E-state index < -0.39 is 0 Å². The van der Waals surface area contributed by atoms with E-state index in [-0.39, 0.29) is 0 Å². The van der Waals surface area contributed by atoms with Crippen molar-refractivity contribution in [2.24, 2.45) is 0 Å². The number of hydrogen-bond acceptors (Lipinski definition) is 4. The zero-order valence-corrected chi connectivity index (χ0v) is 8.94. The van der Waals surface area contributed by atoms with E-state index in [4.69, 9.17) is 16.0 Å². The van der Waals surface area contributed by atoms with Crippen molar-refractivity contribution >= 4 is 22.9 Å². The summed E-state index contributed by atoms with van der Waals surface area (Å²) >= 11 is 7.27. The van der Waals surface area contributed by atoms with Gasteiger partial charge in [0, 0.05) is 17.6 Å². The monoisotopic (exact) mass is 228 g/mol. The highest BCUT2D eigenvalue weighted by Gasteiger charge is 1.99. The molecule has 3 nitrogen and oxygen atoms in total. The van der Waals surface area contributed by atoms with Gasteiger partial charge in [0.15, 0.2) is 5.22 Å². The van der Waals surface area contributed by atoms with Crippen LogP contribution in [0.5, 0.6) is 0 Å². The fourth-order valence-electron chi connectivity index (χ4n) is 1.09. The van der Waals surface area contributed by atoms with Crippen molar-refractivity contribution in [2.45, 2.75) is 13.1 Å². The average Bonchev–Trinajstić information content (AvgIpc) is 2.77. The second-order valence-electron chi connectivity index (χ2n) is 2.78.